The molecule has 3 rings (SSSR count). The number of nitrogens with zero attached hydrogens (tertiary/aromatic N) is 3. The van der Waals surface area contributed by atoms with Gasteiger partial charge in [0.05, 0.1) is 12.0 Å². The molecule has 1 heterocycles. The first-order valence-corrected chi connectivity index (χ1v) is 11.2. The highest BCUT2D eigenvalue weighted by Crippen LogP contribution is 2.30. The van der Waals surface area contributed by atoms with Gasteiger partial charge in [-0.3, -0.25) is 4.79 Å². The third kappa shape index (κ3) is 6.90. The van der Waals surface area contributed by atoms with Gasteiger partial charge in [-0.05, 0) is 35.4 Å². The van der Waals surface area contributed by atoms with Crippen LogP contribution in [0.25, 0.3) is 0 Å². The van der Waals surface area contributed by atoms with Gasteiger partial charge >= 0.3 is 0 Å². The van der Waals surface area contributed by atoms with Crippen molar-refractivity contribution in [1.29, 1.82) is 0 Å². The van der Waals surface area contributed by atoms with E-state index >= 15 is 0 Å². The molecule has 0 aliphatic heterocycles. The number of benzene rings is 2. The van der Waals surface area contributed by atoms with E-state index in [-0.39, 0.29) is 17.5 Å². The van der Waals surface area contributed by atoms with E-state index in [0.717, 1.165) is 15.7 Å². The number of amides is 1. The number of rotatable bonds is 8. The molecule has 28 heavy (non-hydrogen) atoms. The first kappa shape index (κ1) is 20.8. The minimum absolute atomic E-state index is 0.164. The van der Waals surface area contributed by atoms with Crippen molar-refractivity contribution in [2.75, 3.05) is 5.75 Å². The Hall–Kier alpha value is -1.94. The van der Waals surface area contributed by atoms with E-state index in [1.807, 2.05) is 24.3 Å². The molecule has 0 spiro atoms. The van der Waals surface area contributed by atoms with Crippen LogP contribution in [0.1, 0.15) is 11.1 Å². The second kappa shape index (κ2) is 10.6. The van der Waals surface area contributed by atoms with Crippen LogP contribution in [0.2, 0.25) is 5.02 Å². The van der Waals surface area contributed by atoms with E-state index in [1.54, 1.807) is 23.9 Å². The molecule has 5 nitrogen and oxygen atoms in total. The molecule has 0 saturated carbocycles. The van der Waals surface area contributed by atoms with Gasteiger partial charge in [0.1, 0.15) is 5.82 Å². The summed E-state index contributed by atoms with van der Waals surface area (Å²) in [5.41, 5.74) is 4.12. The fourth-order valence-electron chi connectivity index (χ4n) is 1.96. The fraction of sp³-hybridized carbons (Fsp3) is 0.111. The molecule has 1 aromatic heterocycles. The maximum Gasteiger partial charge on any atom is 0.250 e. The van der Waals surface area contributed by atoms with Crippen molar-refractivity contribution in [2.45, 2.75) is 14.4 Å². The van der Waals surface area contributed by atoms with E-state index in [4.69, 9.17) is 11.6 Å². The second-order valence-corrected chi connectivity index (χ2v) is 9.24. The predicted octanol–water partition coefficient (Wildman–Crippen LogP) is 4.87. The second-order valence-electron chi connectivity index (χ2n) is 5.39. The molecule has 144 valence electrons. The average molecular weight is 453 g/mol. The van der Waals surface area contributed by atoms with Gasteiger partial charge in [0.2, 0.25) is 0 Å². The van der Waals surface area contributed by atoms with Gasteiger partial charge in [0.15, 0.2) is 8.68 Å². The summed E-state index contributed by atoms with van der Waals surface area (Å²) in [7, 11) is 0. The quantitative estimate of drug-likeness (QED) is 0.300. The summed E-state index contributed by atoms with van der Waals surface area (Å²) in [4.78, 5) is 11.8. The van der Waals surface area contributed by atoms with Crippen LogP contribution in [-0.2, 0) is 10.5 Å². The zero-order chi connectivity index (χ0) is 19.8. The molecule has 0 bridgehead atoms. The molecule has 0 aliphatic carbocycles. The lowest BCUT2D eigenvalue weighted by Gasteiger charge is -1.98. The number of hydrogen-bond donors (Lipinski definition) is 1. The van der Waals surface area contributed by atoms with Gasteiger partial charge in [-0.2, -0.15) is 5.10 Å². The molecule has 10 heteroatoms. The standard InChI is InChI=1S/C18H14ClFN4OS3/c19-14-6-4-12(5-7-14)10-26-17-23-24-18(28-17)27-11-16(25)22-21-9-13-2-1-3-15(20)8-13/h1-9H,10-11H2,(H,22,25). The molecule has 0 saturated heterocycles. The molecule has 2 aromatic carbocycles. The number of hydrazone groups is 1. The van der Waals surface area contributed by atoms with Crippen molar-refractivity contribution in [3.05, 3.63) is 70.5 Å². The van der Waals surface area contributed by atoms with Gasteiger partial charge in [0, 0.05) is 10.8 Å². The van der Waals surface area contributed by atoms with Gasteiger partial charge in [-0.15, -0.1) is 10.2 Å². The molecule has 0 fully saturated rings. The van der Waals surface area contributed by atoms with Crippen LogP contribution in [0.3, 0.4) is 0 Å². The Morgan fingerprint density at radius 3 is 2.68 bits per heavy atom. The smallest absolute Gasteiger partial charge is 0.250 e. The molecule has 0 atom stereocenters. The Morgan fingerprint density at radius 2 is 1.93 bits per heavy atom. The Morgan fingerprint density at radius 1 is 1.18 bits per heavy atom. The minimum Gasteiger partial charge on any atom is -0.272 e. The lowest BCUT2D eigenvalue weighted by Crippen LogP contribution is -2.19. The highest BCUT2D eigenvalue weighted by molar-refractivity contribution is 8.03. The summed E-state index contributed by atoms with van der Waals surface area (Å²) in [6.45, 7) is 0. The third-order valence-corrected chi connectivity index (χ3v) is 6.75. The molecule has 1 amide bonds. The lowest BCUT2D eigenvalue weighted by molar-refractivity contribution is -0.118. The minimum atomic E-state index is -0.355. The number of carbonyl (C=O) groups is 1. The number of aromatic nitrogens is 2. The number of nitrogens with one attached hydrogen (secondary N) is 1. The first-order valence-electron chi connectivity index (χ1n) is 7.99. The van der Waals surface area contributed by atoms with Crippen molar-refractivity contribution in [3.63, 3.8) is 0 Å². The molecular weight excluding hydrogens is 439 g/mol. The fourth-order valence-corrected chi connectivity index (χ4v) is 4.86. The molecule has 1 N–H and O–H groups in total. The van der Waals surface area contributed by atoms with Crippen molar-refractivity contribution < 1.29 is 9.18 Å². The molecule has 0 unspecified atom stereocenters. The zero-order valence-corrected chi connectivity index (χ0v) is 17.5. The summed E-state index contributed by atoms with van der Waals surface area (Å²) < 4.78 is 14.6. The van der Waals surface area contributed by atoms with E-state index in [9.17, 15) is 9.18 Å². The van der Waals surface area contributed by atoms with Crippen molar-refractivity contribution in [2.24, 2.45) is 5.10 Å². The maximum atomic E-state index is 13.1. The van der Waals surface area contributed by atoms with Crippen LogP contribution in [0, 0.1) is 5.82 Å². The number of carbonyl (C=O) groups excluding carboxylic acids is 1. The molecule has 3 aromatic rings. The normalized spacial score (nSPS) is 11.1. The van der Waals surface area contributed by atoms with E-state index in [2.05, 4.69) is 20.7 Å². The Kier molecular flexibility index (Phi) is 7.84. The van der Waals surface area contributed by atoms with Crippen LogP contribution >= 0.6 is 46.5 Å². The monoisotopic (exact) mass is 452 g/mol. The third-order valence-electron chi connectivity index (χ3n) is 3.24. The Balaban J connectivity index is 1.41. The topological polar surface area (TPSA) is 67.2 Å². The van der Waals surface area contributed by atoms with Gasteiger partial charge in [-0.25, -0.2) is 9.82 Å². The van der Waals surface area contributed by atoms with Crippen molar-refractivity contribution in [3.8, 4) is 0 Å². The largest absolute Gasteiger partial charge is 0.272 e. The molecule has 0 radical (unpaired) electrons. The van der Waals surface area contributed by atoms with E-state index in [1.165, 1.54) is 41.4 Å². The van der Waals surface area contributed by atoms with Crippen molar-refractivity contribution in [1.82, 2.24) is 15.6 Å². The maximum absolute atomic E-state index is 13.1. The van der Waals surface area contributed by atoms with Crippen molar-refractivity contribution >= 4 is 58.6 Å². The summed E-state index contributed by atoms with van der Waals surface area (Å²) in [5.74, 6) is 0.304. The average Bonchev–Trinajstić information content (AvgIpc) is 3.14. The highest BCUT2D eigenvalue weighted by atomic mass is 35.5. The van der Waals surface area contributed by atoms with E-state index < -0.39 is 0 Å². The lowest BCUT2D eigenvalue weighted by atomic mass is 10.2. The van der Waals surface area contributed by atoms with E-state index in [0.29, 0.717) is 14.9 Å². The van der Waals surface area contributed by atoms with Gasteiger partial charge in [-0.1, -0.05) is 70.7 Å². The summed E-state index contributed by atoms with van der Waals surface area (Å²) in [5, 5.41) is 12.7. The van der Waals surface area contributed by atoms with Crippen LogP contribution in [0.15, 0.2) is 62.3 Å². The van der Waals surface area contributed by atoms with Gasteiger partial charge < -0.3 is 0 Å². The summed E-state index contributed by atoms with van der Waals surface area (Å²) >= 11 is 10.2. The van der Waals surface area contributed by atoms with Crippen LogP contribution in [-0.4, -0.2) is 28.1 Å². The first-order chi connectivity index (χ1) is 13.6. The van der Waals surface area contributed by atoms with Crippen LogP contribution in [0.4, 0.5) is 4.39 Å². The Bertz CT molecular complexity index is 965. The summed E-state index contributed by atoms with van der Waals surface area (Å²) in [6, 6.07) is 13.6. The number of halogens is 2. The summed E-state index contributed by atoms with van der Waals surface area (Å²) in [6.07, 6.45) is 1.39. The Labute approximate surface area is 178 Å². The SMILES string of the molecule is O=C(CSc1nnc(SCc2ccc(Cl)cc2)s1)NN=Cc1cccc(F)c1. The van der Waals surface area contributed by atoms with Gasteiger partial charge in [0.25, 0.3) is 5.91 Å². The highest BCUT2D eigenvalue weighted by Gasteiger charge is 2.08. The molecule has 0 aliphatic rings. The number of hydrogen-bond acceptors (Lipinski definition) is 7. The van der Waals surface area contributed by atoms with Crippen LogP contribution < -0.4 is 5.43 Å². The predicted molar refractivity (Wildman–Crippen MR) is 114 cm³/mol. The molecular formula is C18H14ClFN4OS3. The van der Waals surface area contributed by atoms with Crippen LogP contribution in [0.5, 0.6) is 0 Å². The number of thioether (sulfide) groups is 2. The zero-order valence-electron chi connectivity index (χ0n) is 14.3.